The van der Waals surface area contributed by atoms with Gasteiger partial charge >= 0.3 is 0 Å². The summed E-state index contributed by atoms with van der Waals surface area (Å²) in [5.41, 5.74) is 1.92. The van der Waals surface area contributed by atoms with Crippen molar-refractivity contribution >= 4 is 40.1 Å². The summed E-state index contributed by atoms with van der Waals surface area (Å²) in [6.07, 6.45) is 1.85. The molecule has 2 atom stereocenters. The van der Waals surface area contributed by atoms with Gasteiger partial charge in [-0.2, -0.15) is 5.10 Å². The molecule has 4 aromatic rings. The third kappa shape index (κ3) is 2.62. The van der Waals surface area contributed by atoms with Crippen LogP contribution in [0.4, 0.5) is 5.69 Å². The van der Waals surface area contributed by atoms with Gasteiger partial charge in [0.05, 0.1) is 11.4 Å². The van der Waals surface area contributed by atoms with E-state index in [4.69, 9.17) is 21.4 Å². The molecular weight excluding hydrogens is 430 g/mol. The number of nitrogens with one attached hydrogen (secondary N) is 1. The number of hydrazone groups is 1. The van der Waals surface area contributed by atoms with Crippen molar-refractivity contribution < 1.29 is 9.53 Å². The zero-order valence-electron chi connectivity index (χ0n) is 16.2. The van der Waals surface area contributed by atoms with Gasteiger partial charge in [0.15, 0.2) is 0 Å². The Kier molecular flexibility index (Phi) is 4.06. The second-order valence-corrected chi connectivity index (χ2v) is 8.79. The van der Waals surface area contributed by atoms with Gasteiger partial charge in [-0.1, -0.05) is 41.9 Å². The van der Waals surface area contributed by atoms with E-state index in [1.807, 2.05) is 84.4 Å². The van der Waals surface area contributed by atoms with Crippen molar-refractivity contribution in [2.24, 2.45) is 5.10 Å². The molecular formula is C24H16ClN3O2S. The summed E-state index contributed by atoms with van der Waals surface area (Å²) < 4.78 is 6.51. The minimum Gasteiger partial charge on any atom is -0.455 e. The number of rotatable bonds is 3. The highest BCUT2D eigenvalue weighted by atomic mass is 35.5. The Bertz CT molecular complexity index is 1300. The monoisotopic (exact) mass is 445 g/mol. The fraction of sp³-hybridized carbons (Fsp3) is 0.0833. The van der Waals surface area contributed by atoms with Crippen LogP contribution in [0, 0.1) is 0 Å². The van der Waals surface area contributed by atoms with E-state index in [0.717, 1.165) is 22.7 Å². The molecule has 0 bridgehead atoms. The van der Waals surface area contributed by atoms with Crippen molar-refractivity contribution in [2.45, 2.75) is 11.6 Å². The normalized spacial score (nSPS) is 22.0. The van der Waals surface area contributed by atoms with Crippen molar-refractivity contribution in [3.05, 3.63) is 106 Å². The van der Waals surface area contributed by atoms with E-state index in [1.165, 1.54) is 11.3 Å². The number of nitrogens with zero attached hydrogens (tertiary/aromatic N) is 2. The zero-order chi connectivity index (χ0) is 21.0. The van der Waals surface area contributed by atoms with E-state index in [-0.39, 0.29) is 5.78 Å². The predicted octanol–water partition coefficient (Wildman–Crippen LogP) is 5.71. The number of anilines is 1. The zero-order valence-corrected chi connectivity index (χ0v) is 17.7. The number of hydrogen-bond donors (Lipinski definition) is 1. The molecule has 152 valence electrons. The largest absolute Gasteiger partial charge is 0.455 e. The summed E-state index contributed by atoms with van der Waals surface area (Å²) in [5, 5.41) is 9.24. The lowest BCUT2D eigenvalue weighted by atomic mass is 9.83. The number of halogens is 1. The Hall–Kier alpha value is -3.35. The molecule has 0 amide bonds. The molecule has 2 unspecified atom stereocenters. The molecule has 1 spiro atoms. The van der Waals surface area contributed by atoms with Gasteiger partial charge in [0, 0.05) is 16.9 Å². The number of H-pyrrole nitrogens is 1. The van der Waals surface area contributed by atoms with Crippen molar-refractivity contribution in [2.75, 3.05) is 5.01 Å². The number of carbonyl (C=O) groups excluding carboxylic acids is 1. The number of para-hydroxylation sites is 1. The average Bonchev–Trinajstić information content (AvgIpc) is 3.57. The summed E-state index contributed by atoms with van der Waals surface area (Å²) in [6, 6.07) is 22.9. The maximum absolute atomic E-state index is 13.9. The molecule has 0 fully saturated rings. The van der Waals surface area contributed by atoms with Gasteiger partial charge in [-0.05, 0) is 53.4 Å². The van der Waals surface area contributed by atoms with Crippen LogP contribution in [0.2, 0.25) is 5.02 Å². The topological polar surface area (TPSA) is 57.7 Å². The van der Waals surface area contributed by atoms with Crippen LogP contribution in [-0.2, 0) is 0 Å². The lowest BCUT2D eigenvalue weighted by Crippen LogP contribution is -2.56. The van der Waals surface area contributed by atoms with Crippen molar-refractivity contribution in [1.29, 1.82) is 0 Å². The molecule has 2 aromatic heterocycles. The third-order valence-electron chi connectivity index (χ3n) is 5.69. The first-order valence-corrected chi connectivity index (χ1v) is 11.1. The van der Waals surface area contributed by atoms with Gasteiger partial charge in [0.2, 0.25) is 5.78 Å². The Labute approximate surface area is 187 Å². The van der Waals surface area contributed by atoms with E-state index in [0.29, 0.717) is 15.6 Å². The number of thiophene rings is 1. The first-order valence-electron chi connectivity index (χ1n) is 9.83. The Morgan fingerprint density at radius 1 is 1.03 bits per heavy atom. The Morgan fingerprint density at radius 2 is 1.84 bits per heavy atom. The van der Waals surface area contributed by atoms with Gasteiger partial charge in [-0.15, -0.1) is 11.3 Å². The standard InChI is InChI=1S/C24H16ClN3O2S/c25-16-10-8-15(9-11-16)21-20(18-7-4-13-26-18)24(23(29)22-19(30-24)12-14-31-22)28(27-21)17-5-2-1-3-6-17/h1-14,20,26H. The van der Waals surface area contributed by atoms with Gasteiger partial charge in [0.1, 0.15) is 16.5 Å². The number of hydrogen-bond acceptors (Lipinski definition) is 5. The smallest absolute Gasteiger partial charge is 0.280 e. The number of Topliss-reactive ketones (excluding diaryl/α,β-unsaturated/α-hetero) is 1. The molecule has 31 heavy (non-hydrogen) atoms. The van der Waals surface area contributed by atoms with Gasteiger partial charge in [-0.25, -0.2) is 5.01 Å². The van der Waals surface area contributed by atoms with Crippen molar-refractivity contribution in [3.63, 3.8) is 0 Å². The third-order valence-corrected chi connectivity index (χ3v) is 6.83. The average molecular weight is 446 g/mol. The molecule has 2 aromatic carbocycles. The summed E-state index contributed by atoms with van der Waals surface area (Å²) in [6.45, 7) is 0. The number of carbonyl (C=O) groups is 1. The molecule has 1 N–H and O–H groups in total. The second kappa shape index (κ2) is 6.83. The molecule has 0 aliphatic carbocycles. The van der Waals surface area contributed by atoms with Crippen LogP contribution in [0.3, 0.4) is 0 Å². The van der Waals surface area contributed by atoms with E-state index in [2.05, 4.69) is 4.98 Å². The lowest BCUT2D eigenvalue weighted by Gasteiger charge is -2.36. The molecule has 2 aliphatic heterocycles. The van der Waals surface area contributed by atoms with Crippen LogP contribution in [0.15, 0.2) is 89.5 Å². The highest BCUT2D eigenvalue weighted by molar-refractivity contribution is 7.12. The highest BCUT2D eigenvalue weighted by Gasteiger charge is 2.64. The summed E-state index contributed by atoms with van der Waals surface area (Å²) in [4.78, 5) is 17.8. The van der Waals surface area contributed by atoms with E-state index in [9.17, 15) is 4.79 Å². The van der Waals surface area contributed by atoms with Crippen LogP contribution in [0.1, 0.15) is 26.8 Å². The molecule has 0 radical (unpaired) electrons. The molecule has 6 rings (SSSR count). The summed E-state index contributed by atoms with van der Waals surface area (Å²) in [5.74, 6) is 0.0460. The number of fused-ring (bicyclic) bond motifs is 1. The molecule has 5 nitrogen and oxygen atoms in total. The molecule has 0 saturated carbocycles. The Balaban J connectivity index is 1.61. The van der Waals surface area contributed by atoms with E-state index < -0.39 is 11.6 Å². The van der Waals surface area contributed by atoms with Crippen LogP contribution >= 0.6 is 22.9 Å². The minimum absolute atomic E-state index is 0.0892. The second-order valence-electron chi connectivity index (χ2n) is 7.44. The first-order chi connectivity index (χ1) is 15.2. The number of aromatic amines is 1. The van der Waals surface area contributed by atoms with E-state index in [1.54, 1.807) is 5.01 Å². The number of benzene rings is 2. The maximum atomic E-state index is 13.9. The van der Waals surface area contributed by atoms with Gasteiger partial charge < -0.3 is 9.72 Å². The number of ether oxygens (including phenoxy) is 1. The lowest BCUT2D eigenvalue weighted by molar-refractivity contribution is 0.0544. The van der Waals surface area contributed by atoms with Gasteiger partial charge in [0.25, 0.3) is 5.72 Å². The van der Waals surface area contributed by atoms with Crippen LogP contribution in [0.5, 0.6) is 5.75 Å². The highest BCUT2D eigenvalue weighted by Crippen LogP contribution is 2.52. The first kappa shape index (κ1) is 18.4. The molecule has 2 aliphatic rings. The number of aromatic nitrogens is 1. The minimum atomic E-state index is -1.34. The quantitative estimate of drug-likeness (QED) is 0.439. The SMILES string of the molecule is O=C1c2sccc2OC12C(c1ccc[nH]1)C(c1ccc(Cl)cc1)=NN2c1ccccc1. The maximum Gasteiger partial charge on any atom is 0.280 e. The van der Waals surface area contributed by atoms with Gasteiger partial charge in [-0.3, -0.25) is 4.79 Å². The van der Waals surface area contributed by atoms with Crippen LogP contribution in [0.25, 0.3) is 0 Å². The molecule has 0 saturated heterocycles. The summed E-state index contributed by atoms with van der Waals surface area (Å²) in [7, 11) is 0. The fourth-order valence-electron chi connectivity index (χ4n) is 4.34. The van der Waals surface area contributed by atoms with Crippen LogP contribution in [-0.4, -0.2) is 22.2 Å². The summed E-state index contributed by atoms with van der Waals surface area (Å²) >= 11 is 7.53. The van der Waals surface area contributed by atoms with Crippen LogP contribution < -0.4 is 9.75 Å². The molecule has 4 heterocycles. The number of ketones is 1. The predicted molar refractivity (Wildman–Crippen MR) is 122 cm³/mol. The molecule has 7 heteroatoms. The van der Waals surface area contributed by atoms with Crippen molar-refractivity contribution in [3.8, 4) is 5.75 Å². The fourth-order valence-corrected chi connectivity index (χ4v) is 5.28. The Morgan fingerprint density at radius 3 is 2.55 bits per heavy atom. The van der Waals surface area contributed by atoms with Crippen molar-refractivity contribution in [1.82, 2.24) is 4.98 Å². The van der Waals surface area contributed by atoms with E-state index >= 15 is 0 Å².